The lowest BCUT2D eigenvalue weighted by Gasteiger charge is -2.13. The van der Waals surface area contributed by atoms with Crippen LogP contribution in [0.15, 0.2) is 54.6 Å². The van der Waals surface area contributed by atoms with Crippen molar-refractivity contribution in [3.63, 3.8) is 0 Å². The summed E-state index contributed by atoms with van der Waals surface area (Å²) in [5.74, 6) is 0. The Morgan fingerprint density at radius 1 is 1.05 bits per heavy atom. The van der Waals surface area contributed by atoms with Crippen LogP contribution in [0.2, 0.25) is 0 Å². The van der Waals surface area contributed by atoms with Crippen molar-refractivity contribution in [2.75, 3.05) is 18.5 Å². The molecule has 3 heteroatoms. The molecule has 0 bridgehead atoms. The number of nitrogens with one attached hydrogen (secondary N) is 1. The minimum absolute atomic E-state index is 0.0962. The standard InChI is InChI=1S/C18H24N2O/c19-18(11-13-21)16-9-4-10-17(14-16)20-12-5-8-15-6-2-1-3-7-15/h1-4,6-7,9-10,14,18,20-21H,5,8,11-13,19H2. The van der Waals surface area contributed by atoms with Crippen molar-refractivity contribution < 1.29 is 5.11 Å². The van der Waals surface area contributed by atoms with Crippen molar-refractivity contribution in [2.45, 2.75) is 25.3 Å². The zero-order valence-electron chi connectivity index (χ0n) is 12.3. The molecule has 21 heavy (non-hydrogen) atoms. The number of rotatable bonds is 8. The average Bonchev–Trinajstić information content (AvgIpc) is 2.53. The molecule has 0 aliphatic carbocycles. The summed E-state index contributed by atoms with van der Waals surface area (Å²) < 4.78 is 0. The first-order valence-electron chi connectivity index (χ1n) is 7.54. The summed E-state index contributed by atoms with van der Waals surface area (Å²) in [5, 5.41) is 12.4. The van der Waals surface area contributed by atoms with Gasteiger partial charge < -0.3 is 16.2 Å². The highest BCUT2D eigenvalue weighted by atomic mass is 16.3. The number of hydrogen-bond donors (Lipinski definition) is 3. The molecule has 0 fully saturated rings. The van der Waals surface area contributed by atoms with Crippen LogP contribution in [0.1, 0.15) is 30.0 Å². The molecule has 112 valence electrons. The summed E-state index contributed by atoms with van der Waals surface area (Å²) in [7, 11) is 0. The van der Waals surface area contributed by atoms with Crippen molar-refractivity contribution in [1.29, 1.82) is 0 Å². The topological polar surface area (TPSA) is 58.3 Å². The first kappa shape index (κ1) is 15.5. The molecule has 1 atom stereocenters. The van der Waals surface area contributed by atoms with Crippen LogP contribution in [-0.2, 0) is 6.42 Å². The minimum Gasteiger partial charge on any atom is -0.396 e. The largest absolute Gasteiger partial charge is 0.396 e. The van der Waals surface area contributed by atoms with Crippen molar-refractivity contribution in [3.8, 4) is 0 Å². The third kappa shape index (κ3) is 5.21. The van der Waals surface area contributed by atoms with E-state index in [9.17, 15) is 0 Å². The van der Waals surface area contributed by atoms with E-state index in [-0.39, 0.29) is 12.6 Å². The van der Waals surface area contributed by atoms with Gasteiger partial charge in [-0.25, -0.2) is 0 Å². The van der Waals surface area contributed by atoms with Crippen molar-refractivity contribution in [1.82, 2.24) is 0 Å². The fourth-order valence-electron chi connectivity index (χ4n) is 2.35. The van der Waals surface area contributed by atoms with Gasteiger partial charge in [-0.05, 0) is 42.5 Å². The Kier molecular flexibility index (Phi) is 6.25. The van der Waals surface area contributed by atoms with Gasteiger partial charge in [0.2, 0.25) is 0 Å². The quantitative estimate of drug-likeness (QED) is 0.653. The number of aliphatic hydroxyl groups is 1. The van der Waals surface area contributed by atoms with Gasteiger partial charge in [0.25, 0.3) is 0 Å². The molecule has 2 aromatic rings. The number of nitrogens with two attached hydrogens (primary N) is 1. The highest BCUT2D eigenvalue weighted by Gasteiger charge is 2.05. The predicted octanol–water partition coefficient (Wildman–Crippen LogP) is 3.11. The number of anilines is 1. The molecular formula is C18H24N2O. The Labute approximate surface area is 126 Å². The van der Waals surface area contributed by atoms with Crippen molar-refractivity contribution in [2.24, 2.45) is 5.73 Å². The summed E-state index contributed by atoms with van der Waals surface area (Å²) in [5.41, 5.74) is 9.55. The Hall–Kier alpha value is -1.84. The fourth-order valence-corrected chi connectivity index (χ4v) is 2.35. The third-order valence-corrected chi connectivity index (χ3v) is 3.57. The third-order valence-electron chi connectivity index (χ3n) is 3.57. The highest BCUT2D eigenvalue weighted by molar-refractivity contribution is 5.46. The van der Waals surface area contributed by atoms with Gasteiger partial charge >= 0.3 is 0 Å². The van der Waals surface area contributed by atoms with Crippen LogP contribution in [0.25, 0.3) is 0 Å². The molecular weight excluding hydrogens is 260 g/mol. The molecule has 2 aromatic carbocycles. The first-order valence-corrected chi connectivity index (χ1v) is 7.54. The Morgan fingerprint density at radius 3 is 2.62 bits per heavy atom. The summed E-state index contributed by atoms with van der Waals surface area (Å²) >= 11 is 0. The van der Waals surface area contributed by atoms with Crippen LogP contribution in [0.5, 0.6) is 0 Å². The molecule has 2 rings (SSSR count). The summed E-state index contributed by atoms with van der Waals surface area (Å²) in [6.45, 7) is 1.06. The van der Waals surface area contributed by atoms with Gasteiger partial charge in [-0.2, -0.15) is 0 Å². The van der Waals surface area contributed by atoms with E-state index in [1.807, 2.05) is 18.2 Å². The lowest BCUT2D eigenvalue weighted by molar-refractivity contribution is 0.276. The van der Waals surface area contributed by atoms with Crippen molar-refractivity contribution >= 4 is 5.69 Å². The van der Waals surface area contributed by atoms with Crippen LogP contribution >= 0.6 is 0 Å². The smallest absolute Gasteiger partial charge is 0.0449 e. The molecule has 0 spiro atoms. The summed E-state index contributed by atoms with van der Waals surface area (Å²) in [6, 6.07) is 18.6. The van der Waals surface area contributed by atoms with Gasteiger partial charge in [-0.15, -0.1) is 0 Å². The minimum atomic E-state index is -0.0962. The molecule has 0 aromatic heterocycles. The Morgan fingerprint density at radius 2 is 1.86 bits per heavy atom. The van der Waals surface area contributed by atoms with Crippen LogP contribution in [-0.4, -0.2) is 18.3 Å². The summed E-state index contributed by atoms with van der Waals surface area (Å²) in [4.78, 5) is 0. The van der Waals surface area contributed by atoms with E-state index in [1.54, 1.807) is 0 Å². The van der Waals surface area contributed by atoms with Crippen LogP contribution in [0.3, 0.4) is 0 Å². The molecule has 3 nitrogen and oxygen atoms in total. The second-order valence-corrected chi connectivity index (χ2v) is 5.26. The zero-order valence-corrected chi connectivity index (χ0v) is 12.3. The van der Waals surface area contributed by atoms with E-state index < -0.39 is 0 Å². The maximum absolute atomic E-state index is 8.95. The molecule has 0 saturated carbocycles. The van der Waals surface area contributed by atoms with Gasteiger partial charge in [0.1, 0.15) is 0 Å². The second kappa shape index (κ2) is 8.45. The maximum Gasteiger partial charge on any atom is 0.0449 e. The fraction of sp³-hybridized carbons (Fsp3) is 0.333. The average molecular weight is 284 g/mol. The molecule has 0 amide bonds. The molecule has 1 unspecified atom stereocenters. The van der Waals surface area contributed by atoms with Gasteiger partial charge in [-0.1, -0.05) is 42.5 Å². The van der Waals surface area contributed by atoms with E-state index >= 15 is 0 Å². The van der Waals surface area contributed by atoms with Gasteiger partial charge in [0.05, 0.1) is 0 Å². The lowest BCUT2D eigenvalue weighted by atomic mass is 10.0. The molecule has 0 radical (unpaired) electrons. The molecule has 4 N–H and O–H groups in total. The van der Waals surface area contributed by atoms with Crippen LogP contribution < -0.4 is 11.1 Å². The molecule has 0 aliphatic heterocycles. The van der Waals surface area contributed by atoms with Gasteiger partial charge in [0.15, 0.2) is 0 Å². The normalized spacial score (nSPS) is 12.1. The number of hydrogen-bond acceptors (Lipinski definition) is 3. The second-order valence-electron chi connectivity index (χ2n) is 5.26. The Balaban J connectivity index is 1.79. The molecule has 0 aliphatic rings. The van der Waals surface area contributed by atoms with Crippen LogP contribution in [0, 0.1) is 0 Å². The van der Waals surface area contributed by atoms with Gasteiger partial charge in [-0.3, -0.25) is 0 Å². The molecule has 0 saturated heterocycles. The first-order chi connectivity index (χ1) is 10.3. The lowest BCUT2D eigenvalue weighted by Crippen LogP contribution is -2.12. The van der Waals surface area contributed by atoms with E-state index in [0.29, 0.717) is 6.42 Å². The monoisotopic (exact) mass is 284 g/mol. The predicted molar refractivity (Wildman–Crippen MR) is 88.3 cm³/mol. The molecule has 0 heterocycles. The highest BCUT2D eigenvalue weighted by Crippen LogP contribution is 2.18. The number of benzene rings is 2. The van der Waals surface area contributed by atoms with Crippen LogP contribution in [0.4, 0.5) is 5.69 Å². The zero-order chi connectivity index (χ0) is 14.9. The number of aliphatic hydroxyl groups excluding tert-OH is 1. The van der Waals surface area contributed by atoms with E-state index in [0.717, 1.165) is 30.6 Å². The summed E-state index contributed by atoms with van der Waals surface area (Å²) in [6.07, 6.45) is 2.77. The van der Waals surface area contributed by atoms with Gasteiger partial charge in [0, 0.05) is 24.9 Å². The SMILES string of the molecule is NC(CCO)c1cccc(NCCCc2ccccc2)c1. The Bertz CT molecular complexity index is 528. The van der Waals surface area contributed by atoms with E-state index in [1.165, 1.54) is 5.56 Å². The van der Waals surface area contributed by atoms with Crippen molar-refractivity contribution in [3.05, 3.63) is 65.7 Å². The van der Waals surface area contributed by atoms with E-state index in [4.69, 9.17) is 10.8 Å². The van der Waals surface area contributed by atoms with E-state index in [2.05, 4.69) is 41.7 Å². The number of aryl methyl sites for hydroxylation is 1. The maximum atomic E-state index is 8.95.